The van der Waals surface area contributed by atoms with Gasteiger partial charge in [0.2, 0.25) is 0 Å². The monoisotopic (exact) mass is 291 g/mol. The first-order valence-electron chi connectivity index (χ1n) is 7.88. The van der Waals surface area contributed by atoms with E-state index in [9.17, 15) is 0 Å². The molecule has 1 unspecified atom stereocenters. The highest BCUT2D eigenvalue weighted by Crippen LogP contribution is 2.34. The van der Waals surface area contributed by atoms with Gasteiger partial charge in [0.05, 0.1) is 12.7 Å². The van der Waals surface area contributed by atoms with Crippen molar-refractivity contribution in [2.24, 2.45) is 0 Å². The van der Waals surface area contributed by atoms with Crippen molar-refractivity contribution in [2.45, 2.75) is 43.9 Å². The molecule has 1 aromatic rings. The first-order chi connectivity index (χ1) is 10.3. The van der Waals surface area contributed by atoms with Gasteiger partial charge in [0.25, 0.3) is 0 Å². The van der Waals surface area contributed by atoms with Crippen LogP contribution in [-0.4, -0.2) is 38.6 Å². The van der Waals surface area contributed by atoms with Crippen LogP contribution in [0.4, 0.5) is 0 Å². The molecule has 2 saturated heterocycles. The molecule has 0 radical (unpaired) electrons. The summed E-state index contributed by atoms with van der Waals surface area (Å²) < 4.78 is 16.7. The molecule has 0 aromatic heterocycles. The van der Waals surface area contributed by atoms with E-state index in [4.69, 9.17) is 14.2 Å². The maximum Gasteiger partial charge on any atom is 0.118 e. The zero-order valence-electron chi connectivity index (χ0n) is 12.8. The number of methoxy groups -OCH3 is 1. The van der Waals surface area contributed by atoms with Gasteiger partial charge in [-0.3, -0.25) is 0 Å². The van der Waals surface area contributed by atoms with Crippen LogP contribution in [0.3, 0.4) is 0 Å². The number of rotatable bonds is 4. The summed E-state index contributed by atoms with van der Waals surface area (Å²) >= 11 is 0. The molecule has 21 heavy (non-hydrogen) atoms. The van der Waals surface area contributed by atoms with Gasteiger partial charge in [-0.15, -0.1) is 0 Å². The topological polar surface area (TPSA) is 39.7 Å². The molecule has 2 heterocycles. The molecule has 1 spiro atoms. The summed E-state index contributed by atoms with van der Waals surface area (Å²) in [6.07, 6.45) is 4.27. The Labute approximate surface area is 126 Å². The smallest absolute Gasteiger partial charge is 0.118 e. The molecule has 4 heteroatoms. The minimum absolute atomic E-state index is 0.0636. The minimum atomic E-state index is 0.0636. The third-order valence-electron chi connectivity index (χ3n) is 4.65. The summed E-state index contributed by atoms with van der Waals surface area (Å²) in [5, 5.41) is 3.69. The predicted molar refractivity (Wildman–Crippen MR) is 81.6 cm³/mol. The van der Waals surface area contributed by atoms with Crippen LogP contribution in [0.5, 0.6) is 5.75 Å². The molecule has 0 aliphatic carbocycles. The fraction of sp³-hybridized carbons (Fsp3) is 0.647. The number of hydrogen-bond acceptors (Lipinski definition) is 4. The Morgan fingerprint density at radius 3 is 2.67 bits per heavy atom. The van der Waals surface area contributed by atoms with Crippen LogP contribution in [0.15, 0.2) is 24.3 Å². The van der Waals surface area contributed by atoms with Crippen LogP contribution < -0.4 is 10.1 Å². The average molecular weight is 291 g/mol. The molecular weight excluding hydrogens is 266 g/mol. The fourth-order valence-electron chi connectivity index (χ4n) is 3.30. The van der Waals surface area contributed by atoms with E-state index in [-0.39, 0.29) is 5.60 Å². The van der Waals surface area contributed by atoms with Gasteiger partial charge >= 0.3 is 0 Å². The highest BCUT2D eigenvalue weighted by atomic mass is 16.5. The lowest BCUT2D eigenvalue weighted by atomic mass is 9.84. The van der Waals surface area contributed by atoms with E-state index in [1.54, 1.807) is 7.11 Å². The zero-order valence-corrected chi connectivity index (χ0v) is 12.8. The average Bonchev–Trinajstić information content (AvgIpc) is 2.54. The molecule has 1 atom stereocenters. The molecule has 3 rings (SSSR count). The maximum absolute atomic E-state index is 6.08. The Hall–Kier alpha value is -1.10. The van der Waals surface area contributed by atoms with Crippen LogP contribution >= 0.6 is 0 Å². The van der Waals surface area contributed by atoms with E-state index in [0.29, 0.717) is 6.04 Å². The molecule has 2 aliphatic rings. The van der Waals surface area contributed by atoms with Gasteiger partial charge in [-0.1, -0.05) is 12.1 Å². The standard InChI is InChI=1S/C17H25NO3/c1-19-16-4-2-14(3-5-16)13-18-15-6-9-21-17(12-15)7-10-20-11-8-17/h2-5,15,18H,6-13H2,1H3. The lowest BCUT2D eigenvalue weighted by molar-refractivity contribution is -0.140. The summed E-state index contributed by atoms with van der Waals surface area (Å²) in [6.45, 7) is 3.44. The summed E-state index contributed by atoms with van der Waals surface area (Å²) in [7, 11) is 1.70. The maximum atomic E-state index is 6.08. The van der Waals surface area contributed by atoms with E-state index in [1.807, 2.05) is 12.1 Å². The van der Waals surface area contributed by atoms with Crippen molar-refractivity contribution < 1.29 is 14.2 Å². The molecule has 2 fully saturated rings. The van der Waals surface area contributed by atoms with Crippen molar-refractivity contribution in [3.63, 3.8) is 0 Å². The number of ether oxygens (including phenoxy) is 3. The molecule has 1 N–H and O–H groups in total. The Bertz CT molecular complexity index is 434. The van der Waals surface area contributed by atoms with Gasteiger partial charge < -0.3 is 19.5 Å². The second-order valence-corrected chi connectivity index (χ2v) is 6.06. The van der Waals surface area contributed by atoms with Crippen LogP contribution in [0.2, 0.25) is 0 Å². The molecule has 0 saturated carbocycles. The second kappa shape index (κ2) is 6.77. The van der Waals surface area contributed by atoms with Gasteiger partial charge in [0.15, 0.2) is 0 Å². The first-order valence-corrected chi connectivity index (χ1v) is 7.88. The van der Waals surface area contributed by atoms with Crippen LogP contribution in [0.25, 0.3) is 0 Å². The van der Waals surface area contributed by atoms with Crippen LogP contribution in [0, 0.1) is 0 Å². The Morgan fingerprint density at radius 2 is 1.95 bits per heavy atom. The second-order valence-electron chi connectivity index (χ2n) is 6.06. The van der Waals surface area contributed by atoms with E-state index < -0.39 is 0 Å². The van der Waals surface area contributed by atoms with Gasteiger partial charge in [-0.05, 0) is 43.4 Å². The molecule has 116 valence electrons. The van der Waals surface area contributed by atoms with Crippen molar-refractivity contribution in [3.05, 3.63) is 29.8 Å². The van der Waals surface area contributed by atoms with Gasteiger partial charge in [-0.25, -0.2) is 0 Å². The Kier molecular flexibility index (Phi) is 4.78. The summed E-state index contributed by atoms with van der Waals surface area (Å²) in [6, 6.07) is 8.81. The Morgan fingerprint density at radius 1 is 1.19 bits per heavy atom. The molecule has 0 amide bonds. The number of hydrogen-bond donors (Lipinski definition) is 1. The molecule has 2 aliphatic heterocycles. The first kappa shape index (κ1) is 14.8. The van der Waals surface area contributed by atoms with E-state index in [0.717, 1.165) is 57.8 Å². The van der Waals surface area contributed by atoms with Crippen molar-refractivity contribution in [1.82, 2.24) is 5.32 Å². The van der Waals surface area contributed by atoms with E-state index in [1.165, 1.54) is 5.56 Å². The fourth-order valence-corrected chi connectivity index (χ4v) is 3.30. The van der Waals surface area contributed by atoms with Crippen molar-refractivity contribution in [1.29, 1.82) is 0 Å². The van der Waals surface area contributed by atoms with Crippen molar-refractivity contribution in [3.8, 4) is 5.75 Å². The van der Waals surface area contributed by atoms with Crippen LogP contribution in [0.1, 0.15) is 31.2 Å². The van der Waals surface area contributed by atoms with Crippen LogP contribution in [-0.2, 0) is 16.0 Å². The highest BCUT2D eigenvalue weighted by Gasteiger charge is 2.38. The minimum Gasteiger partial charge on any atom is -0.497 e. The molecule has 4 nitrogen and oxygen atoms in total. The summed E-state index contributed by atoms with van der Waals surface area (Å²) in [5.41, 5.74) is 1.36. The van der Waals surface area contributed by atoms with Gasteiger partial charge in [0.1, 0.15) is 5.75 Å². The van der Waals surface area contributed by atoms with Gasteiger partial charge in [0, 0.05) is 32.4 Å². The van der Waals surface area contributed by atoms with E-state index >= 15 is 0 Å². The van der Waals surface area contributed by atoms with Crippen molar-refractivity contribution >= 4 is 0 Å². The summed E-state index contributed by atoms with van der Waals surface area (Å²) in [4.78, 5) is 0. The normalized spacial score (nSPS) is 24.9. The lowest BCUT2D eigenvalue weighted by Gasteiger charge is -2.43. The third-order valence-corrected chi connectivity index (χ3v) is 4.65. The largest absolute Gasteiger partial charge is 0.497 e. The van der Waals surface area contributed by atoms with Crippen molar-refractivity contribution in [2.75, 3.05) is 26.9 Å². The third kappa shape index (κ3) is 3.76. The highest BCUT2D eigenvalue weighted by molar-refractivity contribution is 5.27. The quantitative estimate of drug-likeness (QED) is 0.925. The SMILES string of the molecule is COc1ccc(CNC2CCOC3(CCOCC3)C2)cc1. The number of nitrogens with one attached hydrogen (secondary N) is 1. The molecular formula is C17H25NO3. The lowest BCUT2D eigenvalue weighted by Crippen LogP contribution is -2.49. The van der Waals surface area contributed by atoms with Gasteiger partial charge in [-0.2, -0.15) is 0 Å². The number of benzene rings is 1. The van der Waals surface area contributed by atoms with E-state index in [2.05, 4.69) is 17.4 Å². The Balaban J connectivity index is 1.52. The molecule has 0 bridgehead atoms. The predicted octanol–water partition coefficient (Wildman–Crippen LogP) is 2.51. The molecule has 1 aromatic carbocycles. The zero-order chi connectivity index (χ0) is 14.5. The summed E-state index contributed by atoms with van der Waals surface area (Å²) in [5.74, 6) is 0.908.